The highest BCUT2D eigenvalue weighted by molar-refractivity contribution is 7.14. The predicted molar refractivity (Wildman–Crippen MR) is 70.2 cm³/mol. The minimum absolute atomic E-state index is 0.0105. The second kappa shape index (κ2) is 8.11. The normalized spacial score (nSPS) is 12.4. The lowest BCUT2D eigenvalue weighted by Gasteiger charge is -2.12. The Morgan fingerprint density at radius 3 is 2.79 bits per heavy atom. The number of aryl methyl sites for hydroxylation is 1. The van der Waals surface area contributed by atoms with Crippen molar-refractivity contribution in [2.24, 2.45) is 0 Å². The highest BCUT2D eigenvalue weighted by Gasteiger charge is 2.16. The van der Waals surface area contributed by atoms with Gasteiger partial charge < -0.3 is 24.4 Å². The molecule has 0 aliphatic heterocycles. The number of hydrogen-bond donors (Lipinski definition) is 2. The van der Waals surface area contributed by atoms with Crippen LogP contribution in [0.3, 0.4) is 0 Å². The summed E-state index contributed by atoms with van der Waals surface area (Å²) < 4.78 is 15.2. The maximum atomic E-state index is 11.0. The molecule has 2 N–H and O–H groups in total. The fourth-order valence-corrected chi connectivity index (χ4v) is 2.14. The van der Waals surface area contributed by atoms with E-state index in [1.807, 2.05) is 0 Å². The van der Waals surface area contributed by atoms with Gasteiger partial charge in [-0.1, -0.05) is 0 Å². The Balaban J connectivity index is 2.37. The maximum Gasteiger partial charge on any atom is 0.349 e. The van der Waals surface area contributed by atoms with E-state index in [-0.39, 0.29) is 23.8 Å². The molecule has 1 atom stereocenters. The molecule has 0 radical (unpaired) electrons. The van der Waals surface area contributed by atoms with E-state index in [0.29, 0.717) is 13.2 Å². The van der Waals surface area contributed by atoms with Crippen molar-refractivity contribution >= 4 is 17.3 Å². The van der Waals surface area contributed by atoms with Crippen molar-refractivity contribution in [1.29, 1.82) is 0 Å². The summed E-state index contributed by atoms with van der Waals surface area (Å²) in [5.74, 6) is -0.745. The van der Waals surface area contributed by atoms with Crippen molar-refractivity contribution in [1.82, 2.24) is 0 Å². The standard InChI is InChI=1S/C12H18O6S/c1-8-5-10(11(19-8)12(14)15)18-7-9(13)6-17-4-3-16-2/h5,9,13H,3-4,6-7H2,1-2H3,(H,14,15). The van der Waals surface area contributed by atoms with Gasteiger partial charge >= 0.3 is 5.97 Å². The number of carboxylic acids is 1. The Kier molecular flexibility index (Phi) is 6.79. The monoisotopic (exact) mass is 290 g/mol. The second-order valence-electron chi connectivity index (χ2n) is 3.89. The van der Waals surface area contributed by atoms with E-state index in [9.17, 15) is 9.90 Å². The molecule has 6 nitrogen and oxygen atoms in total. The zero-order valence-corrected chi connectivity index (χ0v) is 11.7. The van der Waals surface area contributed by atoms with Crippen LogP contribution in [0.15, 0.2) is 6.07 Å². The Labute approximate surface area is 115 Å². The summed E-state index contributed by atoms with van der Waals surface area (Å²) in [5, 5.41) is 18.6. The van der Waals surface area contributed by atoms with Crippen LogP contribution in [0, 0.1) is 6.92 Å². The van der Waals surface area contributed by atoms with Crippen molar-refractivity contribution in [2.75, 3.05) is 33.5 Å². The lowest BCUT2D eigenvalue weighted by Crippen LogP contribution is -2.24. The molecule has 1 heterocycles. The van der Waals surface area contributed by atoms with Crippen molar-refractivity contribution in [3.63, 3.8) is 0 Å². The van der Waals surface area contributed by atoms with E-state index in [2.05, 4.69) is 0 Å². The van der Waals surface area contributed by atoms with Crippen LogP contribution >= 0.6 is 11.3 Å². The number of thiophene rings is 1. The van der Waals surface area contributed by atoms with E-state index in [1.165, 1.54) is 0 Å². The van der Waals surface area contributed by atoms with E-state index >= 15 is 0 Å². The van der Waals surface area contributed by atoms with E-state index in [0.717, 1.165) is 16.2 Å². The molecule has 1 rings (SSSR count). The molecule has 0 saturated carbocycles. The van der Waals surface area contributed by atoms with Gasteiger partial charge in [0.2, 0.25) is 0 Å². The Bertz CT molecular complexity index is 403. The third-order valence-corrected chi connectivity index (χ3v) is 3.21. The van der Waals surface area contributed by atoms with Crippen molar-refractivity contribution < 1.29 is 29.2 Å². The summed E-state index contributed by atoms with van der Waals surface area (Å²) in [5.41, 5.74) is 0. The molecule has 1 aromatic heterocycles. The number of ether oxygens (including phenoxy) is 3. The quantitative estimate of drug-likeness (QED) is 0.664. The van der Waals surface area contributed by atoms with Crippen LogP contribution in [0.2, 0.25) is 0 Å². The van der Waals surface area contributed by atoms with Crippen LogP contribution < -0.4 is 4.74 Å². The van der Waals surface area contributed by atoms with Gasteiger partial charge in [0.05, 0.1) is 19.8 Å². The second-order valence-corrected chi connectivity index (χ2v) is 5.14. The van der Waals surface area contributed by atoms with Crippen LogP contribution in [0.1, 0.15) is 14.5 Å². The van der Waals surface area contributed by atoms with Crippen molar-refractivity contribution in [2.45, 2.75) is 13.0 Å². The molecule has 1 aromatic rings. The Morgan fingerprint density at radius 2 is 2.16 bits per heavy atom. The average molecular weight is 290 g/mol. The van der Waals surface area contributed by atoms with Gasteiger partial charge in [-0.3, -0.25) is 0 Å². The summed E-state index contributed by atoms with van der Waals surface area (Å²) >= 11 is 1.14. The van der Waals surface area contributed by atoms with Crippen LogP contribution in [-0.2, 0) is 9.47 Å². The van der Waals surface area contributed by atoms with Crippen LogP contribution in [0.4, 0.5) is 0 Å². The van der Waals surface area contributed by atoms with Crippen LogP contribution in [-0.4, -0.2) is 55.8 Å². The molecular formula is C12H18O6S. The molecule has 19 heavy (non-hydrogen) atoms. The third-order valence-electron chi connectivity index (χ3n) is 2.19. The number of methoxy groups -OCH3 is 1. The van der Waals surface area contributed by atoms with E-state index < -0.39 is 12.1 Å². The molecule has 1 unspecified atom stereocenters. The molecule has 0 aliphatic rings. The smallest absolute Gasteiger partial charge is 0.349 e. The fourth-order valence-electron chi connectivity index (χ4n) is 1.34. The minimum Gasteiger partial charge on any atom is -0.489 e. The fraction of sp³-hybridized carbons (Fsp3) is 0.583. The highest BCUT2D eigenvalue weighted by atomic mass is 32.1. The van der Waals surface area contributed by atoms with Gasteiger partial charge in [0, 0.05) is 12.0 Å². The molecule has 0 aliphatic carbocycles. The maximum absolute atomic E-state index is 11.0. The first kappa shape index (κ1) is 15.9. The first-order valence-corrected chi connectivity index (χ1v) is 6.57. The number of aliphatic hydroxyl groups excluding tert-OH is 1. The minimum atomic E-state index is -1.03. The van der Waals surface area contributed by atoms with Crippen molar-refractivity contribution in [3.8, 4) is 5.75 Å². The molecule has 0 bridgehead atoms. The van der Waals surface area contributed by atoms with E-state index in [1.54, 1.807) is 20.1 Å². The van der Waals surface area contributed by atoms with Gasteiger partial charge in [0.1, 0.15) is 18.5 Å². The van der Waals surface area contributed by atoms with Gasteiger partial charge in [-0.25, -0.2) is 4.79 Å². The number of hydrogen-bond acceptors (Lipinski definition) is 6. The Morgan fingerprint density at radius 1 is 1.42 bits per heavy atom. The molecule has 108 valence electrons. The largest absolute Gasteiger partial charge is 0.489 e. The van der Waals surface area contributed by atoms with Gasteiger partial charge in [0.15, 0.2) is 4.88 Å². The highest BCUT2D eigenvalue weighted by Crippen LogP contribution is 2.28. The zero-order valence-electron chi connectivity index (χ0n) is 10.9. The number of carboxylic acid groups (broad SMARTS) is 1. The molecule has 0 saturated heterocycles. The summed E-state index contributed by atoms with van der Waals surface area (Å²) in [6.07, 6.45) is -0.807. The average Bonchev–Trinajstić information content (AvgIpc) is 2.74. The molecule has 0 amide bonds. The van der Waals surface area contributed by atoms with Gasteiger partial charge in [-0.15, -0.1) is 11.3 Å². The molecule has 0 fully saturated rings. The van der Waals surface area contributed by atoms with Crippen LogP contribution in [0.25, 0.3) is 0 Å². The first-order chi connectivity index (χ1) is 9.04. The van der Waals surface area contributed by atoms with Crippen molar-refractivity contribution in [3.05, 3.63) is 15.8 Å². The number of aliphatic hydroxyl groups is 1. The number of aromatic carboxylic acids is 1. The lowest BCUT2D eigenvalue weighted by molar-refractivity contribution is -0.00431. The third kappa shape index (κ3) is 5.56. The summed E-state index contributed by atoms with van der Waals surface area (Å²) in [4.78, 5) is 11.9. The zero-order chi connectivity index (χ0) is 14.3. The lowest BCUT2D eigenvalue weighted by atomic mass is 10.3. The first-order valence-electron chi connectivity index (χ1n) is 5.76. The van der Waals surface area contributed by atoms with Gasteiger partial charge in [0.25, 0.3) is 0 Å². The van der Waals surface area contributed by atoms with Gasteiger partial charge in [-0.05, 0) is 13.0 Å². The topological polar surface area (TPSA) is 85.2 Å². The summed E-state index contributed by atoms with van der Waals surface area (Å²) in [7, 11) is 1.56. The molecular weight excluding hydrogens is 272 g/mol. The molecule has 0 aromatic carbocycles. The number of carbonyl (C=O) groups is 1. The predicted octanol–water partition coefficient (Wildman–Crippen LogP) is 1.16. The summed E-state index contributed by atoms with van der Waals surface area (Å²) in [6, 6.07) is 1.65. The summed E-state index contributed by atoms with van der Waals surface area (Å²) in [6.45, 7) is 2.76. The van der Waals surface area contributed by atoms with E-state index in [4.69, 9.17) is 19.3 Å². The van der Waals surface area contributed by atoms with Gasteiger partial charge in [-0.2, -0.15) is 0 Å². The SMILES string of the molecule is COCCOCC(O)COc1cc(C)sc1C(=O)O. The van der Waals surface area contributed by atoms with Crippen LogP contribution in [0.5, 0.6) is 5.75 Å². The Hall–Kier alpha value is -1.15. The number of rotatable bonds is 9. The molecule has 7 heteroatoms. The molecule has 0 spiro atoms.